The molecular formula is C15H10Cl2N2O. The van der Waals surface area contributed by atoms with Gasteiger partial charge in [0.1, 0.15) is 11.6 Å². The molecule has 3 rings (SSSR count). The maximum absolute atomic E-state index is 12.5. The van der Waals surface area contributed by atoms with E-state index in [9.17, 15) is 5.21 Å². The maximum Gasteiger partial charge on any atom is 0.317 e. The third-order valence-electron chi connectivity index (χ3n) is 3.07. The lowest BCUT2D eigenvalue weighted by Crippen LogP contribution is -2.35. The number of nitrogens with zero attached hydrogens (tertiary/aromatic N) is 2. The Labute approximate surface area is 126 Å². The zero-order valence-electron chi connectivity index (χ0n) is 10.4. The van der Waals surface area contributed by atoms with Gasteiger partial charge in [-0.25, -0.2) is 4.73 Å². The van der Waals surface area contributed by atoms with E-state index in [0.717, 1.165) is 10.3 Å². The van der Waals surface area contributed by atoms with Gasteiger partial charge in [0.05, 0.1) is 5.39 Å². The molecule has 0 bridgehead atoms. The average Bonchev–Trinajstić information content (AvgIpc) is 2.47. The van der Waals surface area contributed by atoms with Crippen molar-refractivity contribution in [1.82, 2.24) is 4.98 Å². The fourth-order valence-electron chi connectivity index (χ4n) is 2.17. The highest BCUT2D eigenvalue weighted by Crippen LogP contribution is 2.27. The summed E-state index contributed by atoms with van der Waals surface area (Å²) in [4.78, 5) is 4.28. The largest absolute Gasteiger partial charge is 0.710 e. The summed E-state index contributed by atoms with van der Waals surface area (Å²) in [5, 5.41) is 13.7. The fraction of sp³-hybridized carbons (Fsp3) is 0.0667. The molecule has 0 radical (unpaired) electrons. The molecule has 0 saturated carbocycles. The smallest absolute Gasteiger partial charge is 0.317 e. The summed E-state index contributed by atoms with van der Waals surface area (Å²) in [6.45, 7) is 0. The number of aromatic nitrogens is 2. The molecule has 0 atom stereocenters. The number of rotatable bonds is 2. The van der Waals surface area contributed by atoms with E-state index in [-0.39, 0.29) is 11.7 Å². The van der Waals surface area contributed by atoms with Crippen LogP contribution in [0.3, 0.4) is 0 Å². The Morgan fingerprint density at radius 3 is 2.55 bits per heavy atom. The van der Waals surface area contributed by atoms with E-state index >= 15 is 0 Å². The molecule has 0 spiro atoms. The summed E-state index contributed by atoms with van der Waals surface area (Å²) >= 11 is 11.9. The second-order valence-corrected chi connectivity index (χ2v) is 5.04. The van der Waals surface area contributed by atoms with Gasteiger partial charge in [-0.2, -0.15) is 0 Å². The standard InChI is InChI=1S/C15H10Cl2N2O/c16-9-14-18-13-7-6-11(17)8-12(13)15(19(14)20)10-4-2-1-3-5-10/h1-8H,9H2. The molecule has 0 amide bonds. The molecule has 20 heavy (non-hydrogen) atoms. The maximum atomic E-state index is 12.5. The molecule has 0 unspecified atom stereocenters. The lowest BCUT2D eigenvalue weighted by molar-refractivity contribution is -0.603. The monoisotopic (exact) mass is 304 g/mol. The predicted octanol–water partition coefficient (Wildman–Crippen LogP) is 3.93. The molecule has 0 aliphatic rings. The van der Waals surface area contributed by atoms with Crippen LogP contribution in [0.5, 0.6) is 0 Å². The Balaban J connectivity index is 2.43. The second-order valence-electron chi connectivity index (χ2n) is 4.33. The van der Waals surface area contributed by atoms with Gasteiger partial charge in [0.25, 0.3) is 0 Å². The van der Waals surface area contributed by atoms with Crippen molar-refractivity contribution in [2.24, 2.45) is 0 Å². The van der Waals surface area contributed by atoms with Crippen LogP contribution in [-0.2, 0) is 5.88 Å². The molecule has 1 heterocycles. The molecular weight excluding hydrogens is 295 g/mol. The van der Waals surface area contributed by atoms with Crippen LogP contribution in [0.25, 0.3) is 22.2 Å². The van der Waals surface area contributed by atoms with Crippen molar-refractivity contribution in [3.8, 4) is 11.3 Å². The number of hydrogen-bond acceptors (Lipinski definition) is 2. The van der Waals surface area contributed by atoms with Crippen LogP contribution in [0.15, 0.2) is 48.5 Å². The van der Waals surface area contributed by atoms with Gasteiger partial charge in [-0.15, -0.1) is 11.6 Å². The van der Waals surface area contributed by atoms with Crippen LogP contribution < -0.4 is 4.73 Å². The number of alkyl halides is 1. The summed E-state index contributed by atoms with van der Waals surface area (Å²) in [6, 6.07) is 14.7. The lowest BCUT2D eigenvalue weighted by Gasteiger charge is -2.13. The zero-order chi connectivity index (χ0) is 14.1. The summed E-state index contributed by atoms with van der Waals surface area (Å²) in [5.41, 5.74) is 2.04. The highest BCUT2D eigenvalue weighted by molar-refractivity contribution is 6.31. The first kappa shape index (κ1) is 13.2. The van der Waals surface area contributed by atoms with Crippen LogP contribution in [-0.4, -0.2) is 4.98 Å². The summed E-state index contributed by atoms with van der Waals surface area (Å²) in [6.07, 6.45) is 0. The van der Waals surface area contributed by atoms with E-state index in [2.05, 4.69) is 4.98 Å². The topological polar surface area (TPSA) is 39.8 Å². The summed E-state index contributed by atoms with van der Waals surface area (Å²) in [7, 11) is 0. The third kappa shape index (κ3) is 2.19. The second kappa shape index (κ2) is 5.27. The SMILES string of the molecule is [O-][n+]1c(CCl)nc2ccc(Cl)cc2c1-c1ccccc1. The highest BCUT2D eigenvalue weighted by Gasteiger charge is 2.19. The molecule has 0 saturated heterocycles. The van der Waals surface area contributed by atoms with Crippen LogP contribution in [0.1, 0.15) is 5.82 Å². The zero-order valence-corrected chi connectivity index (χ0v) is 11.9. The van der Waals surface area contributed by atoms with Crippen molar-refractivity contribution in [3.63, 3.8) is 0 Å². The van der Waals surface area contributed by atoms with Crippen LogP contribution >= 0.6 is 23.2 Å². The third-order valence-corrected chi connectivity index (χ3v) is 3.54. The normalized spacial score (nSPS) is 10.9. The molecule has 1 aromatic heterocycles. The Morgan fingerprint density at radius 1 is 1.10 bits per heavy atom. The summed E-state index contributed by atoms with van der Waals surface area (Å²) < 4.78 is 0.779. The number of fused-ring (bicyclic) bond motifs is 1. The number of benzene rings is 2. The first-order chi connectivity index (χ1) is 9.70. The van der Waals surface area contributed by atoms with Gasteiger partial charge < -0.3 is 5.21 Å². The molecule has 2 aromatic carbocycles. The van der Waals surface area contributed by atoms with Gasteiger partial charge in [-0.3, -0.25) is 0 Å². The minimum absolute atomic E-state index is 0.0574. The van der Waals surface area contributed by atoms with Gasteiger partial charge in [-0.1, -0.05) is 41.9 Å². The summed E-state index contributed by atoms with van der Waals surface area (Å²) in [5.74, 6) is 0.336. The minimum Gasteiger partial charge on any atom is -0.710 e. The van der Waals surface area contributed by atoms with E-state index in [4.69, 9.17) is 23.2 Å². The molecule has 100 valence electrons. The van der Waals surface area contributed by atoms with E-state index < -0.39 is 0 Å². The molecule has 5 heteroatoms. The number of halogens is 2. The van der Waals surface area contributed by atoms with Gasteiger partial charge in [0, 0.05) is 10.6 Å². The molecule has 0 N–H and O–H groups in total. The minimum atomic E-state index is 0.0574. The lowest BCUT2D eigenvalue weighted by atomic mass is 10.1. The van der Waals surface area contributed by atoms with E-state index in [0.29, 0.717) is 21.6 Å². The molecule has 0 aliphatic carbocycles. The van der Waals surface area contributed by atoms with E-state index in [1.165, 1.54) is 0 Å². The van der Waals surface area contributed by atoms with E-state index in [1.54, 1.807) is 18.2 Å². The molecule has 0 aliphatic heterocycles. The molecule has 3 nitrogen and oxygen atoms in total. The molecule has 0 fully saturated rings. The average molecular weight is 305 g/mol. The van der Waals surface area contributed by atoms with Crippen molar-refractivity contribution < 1.29 is 4.73 Å². The Hall–Kier alpha value is -1.84. The first-order valence-electron chi connectivity index (χ1n) is 6.04. The van der Waals surface area contributed by atoms with Crippen molar-refractivity contribution in [3.05, 3.63) is 64.6 Å². The highest BCUT2D eigenvalue weighted by atomic mass is 35.5. The first-order valence-corrected chi connectivity index (χ1v) is 6.95. The number of hydrogen-bond donors (Lipinski definition) is 0. The Morgan fingerprint density at radius 2 is 1.85 bits per heavy atom. The van der Waals surface area contributed by atoms with E-state index in [1.807, 2.05) is 30.3 Å². The van der Waals surface area contributed by atoms with Crippen LogP contribution in [0, 0.1) is 5.21 Å². The van der Waals surface area contributed by atoms with Gasteiger partial charge in [0.15, 0.2) is 5.52 Å². The van der Waals surface area contributed by atoms with Crippen LogP contribution in [0.4, 0.5) is 0 Å². The fourth-order valence-corrected chi connectivity index (χ4v) is 2.51. The Bertz CT molecular complexity index is 776. The predicted molar refractivity (Wildman–Crippen MR) is 80.7 cm³/mol. The van der Waals surface area contributed by atoms with Crippen molar-refractivity contribution in [2.75, 3.05) is 0 Å². The van der Waals surface area contributed by atoms with Crippen molar-refractivity contribution >= 4 is 34.1 Å². The van der Waals surface area contributed by atoms with Gasteiger partial charge in [-0.05, 0) is 23.2 Å². The van der Waals surface area contributed by atoms with Crippen LogP contribution in [0.2, 0.25) is 5.02 Å². The van der Waals surface area contributed by atoms with Gasteiger partial charge in [0.2, 0.25) is 0 Å². The quantitative estimate of drug-likeness (QED) is 0.409. The van der Waals surface area contributed by atoms with Gasteiger partial charge >= 0.3 is 5.82 Å². The van der Waals surface area contributed by atoms with Crippen molar-refractivity contribution in [1.29, 1.82) is 0 Å². The van der Waals surface area contributed by atoms with Crippen molar-refractivity contribution in [2.45, 2.75) is 5.88 Å². The Kier molecular flexibility index (Phi) is 3.47. The molecule has 3 aromatic rings.